The molecule has 2 aliphatic rings. The van der Waals surface area contributed by atoms with Crippen molar-refractivity contribution in [2.24, 2.45) is 17.8 Å². The minimum Gasteiger partial charge on any atom is -0.302 e. The van der Waals surface area contributed by atoms with Crippen LogP contribution in [-0.4, -0.2) is 24.5 Å². The smallest absolute Gasteiger partial charge is 0.0672 e. The van der Waals surface area contributed by atoms with Gasteiger partial charge in [0.15, 0.2) is 0 Å². The fraction of sp³-hybridized carbons (Fsp3) is 0.944. The van der Waals surface area contributed by atoms with Gasteiger partial charge in [-0.2, -0.15) is 5.26 Å². The van der Waals surface area contributed by atoms with Crippen LogP contribution >= 0.6 is 0 Å². The SMILES string of the molecule is CCCC1CCC(C#N)C(N(C)CC2CCCCC2)C1. The molecule has 0 aromatic carbocycles. The third-order valence-corrected chi connectivity index (χ3v) is 5.63. The van der Waals surface area contributed by atoms with Crippen LogP contribution in [0.15, 0.2) is 0 Å². The highest BCUT2D eigenvalue weighted by Crippen LogP contribution is 2.35. The highest BCUT2D eigenvalue weighted by atomic mass is 15.1. The predicted octanol–water partition coefficient (Wildman–Crippen LogP) is 4.61. The first-order valence-electron chi connectivity index (χ1n) is 8.84. The second kappa shape index (κ2) is 8.03. The van der Waals surface area contributed by atoms with Crippen molar-refractivity contribution in [2.45, 2.75) is 77.2 Å². The predicted molar refractivity (Wildman–Crippen MR) is 84.3 cm³/mol. The van der Waals surface area contributed by atoms with Gasteiger partial charge in [0, 0.05) is 12.6 Å². The van der Waals surface area contributed by atoms with Crippen LogP contribution in [0.3, 0.4) is 0 Å². The lowest BCUT2D eigenvalue weighted by atomic mass is 9.76. The van der Waals surface area contributed by atoms with Crippen molar-refractivity contribution in [1.29, 1.82) is 5.26 Å². The van der Waals surface area contributed by atoms with Crippen molar-refractivity contribution >= 4 is 0 Å². The fourth-order valence-electron chi connectivity index (χ4n) is 4.45. The number of hydrogen-bond acceptors (Lipinski definition) is 2. The molecule has 0 bridgehead atoms. The molecular weight excluding hydrogens is 244 g/mol. The molecule has 2 heteroatoms. The zero-order valence-electron chi connectivity index (χ0n) is 13.5. The quantitative estimate of drug-likeness (QED) is 0.733. The lowest BCUT2D eigenvalue weighted by Gasteiger charge is -2.40. The summed E-state index contributed by atoms with van der Waals surface area (Å²) in [6, 6.07) is 3.11. The number of hydrogen-bond donors (Lipinski definition) is 0. The van der Waals surface area contributed by atoms with Gasteiger partial charge in [0.1, 0.15) is 0 Å². The molecule has 2 saturated carbocycles. The summed E-state index contributed by atoms with van der Waals surface area (Å²) in [5, 5.41) is 9.46. The zero-order valence-corrected chi connectivity index (χ0v) is 13.5. The van der Waals surface area contributed by atoms with Crippen molar-refractivity contribution in [3.05, 3.63) is 0 Å². The van der Waals surface area contributed by atoms with E-state index in [4.69, 9.17) is 0 Å². The van der Waals surface area contributed by atoms with Crippen LogP contribution in [0.4, 0.5) is 0 Å². The topological polar surface area (TPSA) is 27.0 Å². The lowest BCUT2D eigenvalue weighted by molar-refractivity contribution is 0.0989. The summed E-state index contributed by atoms with van der Waals surface area (Å²) >= 11 is 0. The molecule has 3 atom stereocenters. The number of nitriles is 1. The van der Waals surface area contributed by atoms with Crippen molar-refractivity contribution in [3.63, 3.8) is 0 Å². The molecule has 2 fully saturated rings. The maximum absolute atomic E-state index is 9.46. The van der Waals surface area contributed by atoms with Gasteiger partial charge in [-0.3, -0.25) is 0 Å². The third kappa shape index (κ3) is 4.22. The summed E-state index contributed by atoms with van der Waals surface area (Å²) < 4.78 is 0. The van der Waals surface area contributed by atoms with E-state index in [9.17, 15) is 5.26 Å². The van der Waals surface area contributed by atoms with Gasteiger partial charge in [-0.15, -0.1) is 0 Å². The molecule has 20 heavy (non-hydrogen) atoms. The first kappa shape index (κ1) is 15.8. The van der Waals surface area contributed by atoms with E-state index < -0.39 is 0 Å². The maximum Gasteiger partial charge on any atom is 0.0672 e. The van der Waals surface area contributed by atoms with E-state index in [0.717, 1.165) is 18.3 Å². The number of nitrogens with zero attached hydrogens (tertiary/aromatic N) is 2. The largest absolute Gasteiger partial charge is 0.302 e. The second-order valence-corrected chi connectivity index (χ2v) is 7.21. The lowest BCUT2D eigenvalue weighted by Crippen LogP contribution is -2.44. The Morgan fingerprint density at radius 3 is 2.45 bits per heavy atom. The van der Waals surface area contributed by atoms with Crippen LogP contribution in [0.1, 0.15) is 71.1 Å². The average molecular weight is 276 g/mol. The van der Waals surface area contributed by atoms with Crippen LogP contribution in [0.2, 0.25) is 0 Å². The molecule has 2 nitrogen and oxygen atoms in total. The minimum atomic E-state index is 0.275. The highest BCUT2D eigenvalue weighted by Gasteiger charge is 2.33. The Morgan fingerprint density at radius 2 is 1.80 bits per heavy atom. The van der Waals surface area contributed by atoms with E-state index >= 15 is 0 Å². The fourth-order valence-corrected chi connectivity index (χ4v) is 4.45. The van der Waals surface area contributed by atoms with Gasteiger partial charge in [-0.05, 0) is 51.0 Å². The minimum absolute atomic E-state index is 0.275. The Labute approximate surface area is 125 Å². The van der Waals surface area contributed by atoms with Gasteiger partial charge in [0.2, 0.25) is 0 Å². The Balaban J connectivity index is 1.89. The summed E-state index contributed by atoms with van der Waals surface area (Å²) in [5.41, 5.74) is 0. The zero-order chi connectivity index (χ0) is 14.4. The molecular formula is C18H32N2. The molecule has 0 heterocycles. The molecule has 0 saturated heterocycles. The van der Waals surface area contributed by atoms with Gasteiger partial charge < -0.3 is 4.90 Å². The summed E-state index contributed by atoms with van der Waals surface area (Å²) in [5.74, 6) is 2.03. The summed E-state index contributed by atoms with van der Waals surface area (Å²) in [6.45, 7) is 3.51. The molecule has 0 spiro atoms. The van der Waals surface area contributed by atoms with Crippen LogP contribution in [0.25, 0.3) is 0 Å². The normalized spacial score (nSPS) is 32.2. The molecule has 0 N–H and O–H groups in total. The summed E-state index contributed by atoms with van der Waals surface area (Å²) in [7, 11) is 2.28. The van der Waals surface area contributed by atoms with Gasteiger partial charge in [-0.25, -0.2) is 0 Å². The van der Waals surface area contributed by atoms with Crippen LogP contribution in [-0.2, 0) is 0 Å². The van der Waals surface area contributed by atoms with Crippen molar-refractivity contribution in [3.8, 4) is 6.07 Å². The number of rotatable bonds is 5. The molecule has 0 aliphatic heterocycles. The van der Waals surface area contributed by atoms with Crippen LogP contribution in [0.5, 0.6) is 0 Å². The standard InChI is InChI=1S/C18H32N2/c1-3-7-15-10-11-17(13-19)18(12-15)20(2)14-16-8-5-4-6-9-16/h15-18H,3-12,14H2,1-2H3. The summed E-state index contributed by atoms with van der Waals surface area (Å²) in [6.07, 6.45) is 13.4. The Hall–Kier alpha value is -0.550. The van der Waals surface area contributed by atoms with Crippen molar-refractivity contribution < 1.29 is 0 Å². The van der Waals surface area contributed by atoms with Gasteiger partial charge in [-0.1, -0.05) is 39.0 Å². The molecule has 2 aliphatic carbocycles. The first-order valence-corrected chi connectivity index (χ1v) is 8.84. The summed E-state index contributed by atoms with van der Waals surface area (Å²) in [4.78, 5) is 2.55. The Morgan fingerprint density at radius 1 is 1.05 bits per heavy atom. The Kier molecular flexibility index (Phi) is 6.36. The average Bonchev–Trinajstić information content (AvgIpc) is 2.48. The van der Waals surface area contributed by atoms with Gasteiger partial charge in [0.05, 0.1) is 12.0 Å². The molecule has 3 unspecified atom stereocenters. The van der Waals surface area contributed by atoms with E-state index in [0.29, 0.717) is 6.04 Å². The van der Waals surface area contributed by atoms with E-state index in [2.05, 4.69) is 24.9 Å². The van der Waals surface area contributed by atoms with Gasteiger partial charge in [0.25, 0.3) is 0 Å². The van der Waals surface area contributed by atoms with E-state index in [1.54, 1.807) is 0 Å². The van der Waals surface area contributed by atoms with Crippen LogP contribution in [0, 0.1) is 29.1 Å². The second-order valence-electron chi connectivity index (χ2n) is 7.21. The molecule has 0 aromatic rings. The van der Waals surface area contributed by atoms with Crippen molar-refractivity contribution in [1.82, 2.24) is 4.90 Å². The monoisotopic (exact) mass is 276 g/mol. The molecule has 2 rings (SSSR count). The molecule has 0 amide bonds. The maximum atomic E-state index is 9.46. The van der Waals surface area contributed by atoms with Crippen molar-refractivity contribution in [2.75, 3.05) is 13.6 Å². The highest BCUT2D eigenvalue weighted by molar-refractivity contribution is 4.97. The van der Waals surface area contributed by atoms with E-state index in [1.165, 1.54) is 64.3 Å². The van der Waals surface area contributed by atoms with Gasteiger partial charge >= 0.3 is 0 Å². The molecule has 114 valence electrons. The van der Waals surface area contributed by atoms with Crippen LogP contribution < -0.4 is 0 Å². The van der Waals surface area contributed by atoms with E-state index in [1.807, 2.05) is 0 Å². The first-order chi connectivity index (χ1) is 9.74. The molecule has 0 radical (unpaired) electrons. The Bertz CT molecular complexity index is 314. The van der Waals surface area contributed by atoms with E-state index in [-0.39, 0.29) is 5.92 Å². The third-order valence-electron chi connectivity index (χ3n) is 5.63. The molecule has 0 aromatic heterocycles.